The molecule has 0 aliphatic heterocycles. The van der Waals surface area contributed by atoms with E-state index in [1.54, 1.807) is 11.3 Å². The second kappa shape index (κ2) is 8.84. The average Bonchev–Trinajstić information content (AvgIpc) is 3.14. The van der Waals surface area contributed by atoms with E-state index in [0.717, 1.165) is 20.2 Å². The van der Waals surface area contributed by atoms with Gasteiger partial charge in [-0.1, -0.05) is 42.1 Å². The van der Waals surface area contributed by atoms with Crippen LogP contribution in [0.3, 0.4) is 0 Å². The van der Waals surface area contributed by atoms with Crippen LogP contribution in [0.2, 0.25) is 0 Å². The number of carbonyl (C=O) groups excluding carboxylic acids is 1. The van der Waals surface area contributed by atoms with Crippen LogP contribution in [0, 0.1) is 0 Å². The van der Waals surface area contributed by atoms with E-state index >= 15 is 0 Å². The Bertz CT molecular complexity index is 1100. The van der Waals surface area contributed by atoms with Crippen LogP contribution in [0.1, 0.15) is 5.82 Å². The van der Waals surface area contributed by atoms with E-state index in [2.05, 4.69) is 25.3 Å². The molecule has 0 bridgehead atoms. The molecule has 0 amide bonds. The maximum absolute atomic E-state index is 12.1. The molecule has 29 heavy (non-hydrogen) atoms. The number of fused-ring (bicyclic) bond motifs is 1. The Morgan fingerprint density at radius 1 is 1.03 bits per heavy atom. The summed E-state index contributed by atoms with van der Waals surface area (Å²) in [5.41, 5.74) is 7.47. The van der Waals surface area contributed by atoms with Crippen LogP contribution >= 0.6 is 23.1 Å². The van der Waals surface area contributed by atoms with Gasteiger partial charge in [-0.05, 0) is 24.3 Å². The third kappa shape index (κ3) is 5.18. The number of carbonyl (C=O) groups is 1. The SMILES string of the molecule is Nc1nc(COC(=O)CSc2nc3ccccc3s2)nc(Nc2ccccc2)n1. The van der Waals surface area contributed by atoms with Gasteiger partial charge in [-0.2, -0.15) is 15.0 Å². The molecule has 8 nitrogen and oxygen atoms in total. The van der Waals surface area contributed by atoms with E-state index in [-0.39, 0.29) is 30.1 Å². The van der Waals surface area contributed by atoms with E-state index in [9.17, 15) is 4.79 Å². The highest BCUT2D eigenvalue weighted by atomic mass is 32.2. The fourth-order valence-electron chi connectivity index (χ4n) is 2.43. The van der Waals surface area contributed by atoms with Crippen LogP contribution in [0.15, 0.2) is 58.9 Å². The van der Waals surface area contributed by atoms with Gasteiger partial charge >= 0.3 is 5.97 Å². The predicted octanol–water partition coefficient (Wildman–Crippen LogP) is 3.64. The number of hydrogen-bond donors (Lipinski definition) is 2. The molecule has 0 saturated heterocycles. The molecule has 2 heterocycles. The Morgan fingerprint density at radius 3 is 2.66 bits per heavy atom. The Balaban J connectivity index is 1.32. The van der Waals surface area contributed by atoms with Gasteiger partial charge in [-0.25, -0.2) is 4.98 Å². The molecule has 4 rings (SSSR count). The zero-order chi connectivity index (χ0) is 20.1. The molecule has 0 radical (unpaired) electrons. The van der Waals surface area contributed by atoms with Crippen molar-refractivity contribution in [2.24, 2.45) is 0 Å². The van der Waals surface area contributed by atoms with Gasteiger partial charge in [0.1, 0.15) is 0 Å². The fourth-order valence-corrected chi connectivity index (χ4v) is 4.30. The molecule has 3 N–H and O–H groups in total. The minimum atomic E-state index is -0.384. The van der Waals surface area contributed by atoms with Crippen molar-refractivity contribution in [2.75, 3.05) is 16.8 Å². The van der Waals surface area contributed by atoms with Gasteiger partial charge in [0.2, 0.25) is 11.9 Å². The number of nitrogen functional groups attached to an aromatic ring is 1. The maximum atomic E-state index is 12.1. The van der Waals surface area contributed by atoms with Crippen molar-refractivity contribution in [3.05, 3.63) is 60.4 Å². The van der Waals surface area contributed by atoms with Gasteiger partial charge in [0, 0.05) is 5.69 Å². The number of rotatable bonds is 7. The smallest absolute Gasteiger partial charge is 0.316 e. The van der Waals surface area contributed by atoms with Crippen LogP contribution in [-0.2, 0) is 16.1 Å². The van der Waals surface area contributed by atoms with Crippen molar-refractivity contribution < 1.29 is 9.53 Å². The van der Waals surface area contributed by atoms with E-state index in [4.69, 9.17) is 10.5 Å². The van der Waals surface area contributed by atoms with Gasteiger partial charge < -0.3 is 15.8 Å². The number of aromatic nitrogens is 4. The van der Waals surface area contributed by atoms with Gasteiger partial charge in [0.05, 0.1) is 16.0 Å². The van der Waals surface area contributed by atoms with Crippen molar-refractivity contribution in [1.82, 2.24) is 19.9 Å². The summed E-state index contributed by atoms with van der Waals surface area (Å²) in [5, 5.41) is 3.04. The number of benzene rings is 2. The summed E-state index contributed by atoms with van der Waals surface area (Å²) in [6, 6.07) is 17.3. The molecule has 0 spiro atoms. The van der Waals surface area contributed by atoms with Crippen LogP contribution in [-0.4, -0.2) is 31.7 Å². The molecular weight excluding hydrogens is 408 g/mol. The first-order valence-electron chi connectivity index (χ1n) is 8.62. The van der Waals surface area contributed by atoms with Crippen molar-refractivity contribution >= 4 is 56.9 Å². The van der Waals surface area contributed by atoms with Gasteiger partial charge in [0.25, 0.3) is 0 Å². The number of nitrogens with two attached hydrogens (primary N) is 1. The van der Waals surface area contributed by atoms with Crippen molar-refractivity contribution in [3.8, 4) is 0 Å². The van der Waals surface area contributed by atoms with E-state index < -0.39 is 0 Å². The number of anilines is 3. The molecule has 146 valence electrons. The summed E-state index contributed by atoms with van der Waals surface area (Å²) < 4.78 is 7.17. The highest BCUT2D eigenvalue weighted by molar-refractivity contribution is 8.01. The van der Waals surface area contributed by atoms with Crippen LogP contribution in [0.25, 0.3) is 10.2 Å². The molecule has 0 fully saturated rings. The van der Waals surface area contributed by atoms with Crippen LogP contribution in [0.4, 0.5) is 17.6 Å². The lowest BCUT2D eigenvalue weighted by Crippen LogP contribution is -2.12. The number of thioether (sulfide) groups is 1. The summed E-state index contributed by atoms with van der Waals surface area (Å²) in [5.74, 6) is 0.377. The lowest BCUT2D eigenvalue weighted by atomic mass is 10.3. The predicted molar refractivity (Wildman–Crippen MR) is 114 cm³/mol. The molecule has 0 aliphatic rings. The van der Waals surface area contributed by atoms with Gasteiger partial charge in [0.15, 0.2) is 16.8 Å². The molecule has 10 heteroatoms. The Morgan fingerprint density at radius 2 is 1.83 bits per heavy atom. The molecule has 0 aliphatic carbocycles. The van der Waals surface area contributed by atoms with E-state index in [1.807, 2.05) is 54.6 Å². The number of ether oxygens (including phenoxy) is 1. The quantitative estimate of drug-likeness (QED) is 0.339. The first-order chi connectivity index (χ1) is 14.2. The lowest BCUT2D eigenvalue weighted by Gasteiger charge is -2.07. The molecule has 0 atom stereocenters. The third-order valence-electron chi connectivity index (χ3n) is 3.68. The lowest BCUT2D eigenvalue weighted by molar-refractivity contribution is -0.141. The molecule has 4 aromatic rings. The van der Waals surface area contributed by atoms with E-state index in [0.29, 0.717) is 5.95 Å². The first kappa shape index (κ1) is 19.1. The first-order valence-corrected chi connectivity index (χ1v) is 10.4. The molecule has 2 aromatic heterocycles. The maximum Gasteiger partial charge on any atom is 0.316 e. The monoisotopic (exact) mass is 424 g/mol. The third-order valence-corrected chi connectivity index (χ3v) is 5.83. The van der Waals surface area contributed by atoms with Gasteiger partial charge in [-0.15, -0.1) is 11.3 Å². The molecule has 0 saturated carbocycles. The number of thiazole rings is 1. The normalized spacial score (nSPS) is 10.8. The van der Waals surface area contributed by atoms with Crippen LogP contribution < -0.4 is 11.1 Å². The van der Waals surface area contributed by atoms with E-state index in [1.165, 1.54) is 11.8 Å². The summed E-state index contributed by atoms with van der Waals surface area (Å²) in [6.45, 7) is -0.0879. The average molecular weight is 425 g/mol. The second-order valence-electron chi connectivity index (χ2n) is 5.82. The van der Waals surface area contributed by atoms with Crippen molar-refractivity contribution in [3.63, 3.8) is 0 Å². The summed E-state index contributed by atoms with van der Waals surface area (Å²) >= 11 is 2.89. The number of para-hydroxylation sites is 2. The standard InChI is InChI=1S/C19H16N6O2S2/c20-17-23-15(24-18(25-17)21-12-6-2-1-3-7-12)10-27-16(26)11-28-19-22-13-8-4-5-9-14(13)29-19/h1-9H,10-11H2,(H3,20,21,23,24,25). The Kier molecular flexibility index (Phi) is 5.82. The molecule has 2 aromatic carbocycles. The number of hydrogen-bond acceptors (Lipinski definition) is 10. The zero-order valence-electron chi connectivity index (χ0n) is 15.1. The summed E-state index contributed by atoms with van der Waals surface area (Å²) in [6.07, 6.45) is 0. The molecule has 0 unspecified atom stereocenters. The van der Waals surface area contributed by atoms with Crippen LogP contribution in [0.5, 0.6) is 0 Å². The highest BCUT2D eigenvalue weighted by Crippen LogP contribution is 2.29. The highest BCUT2D eigenvalue weighted by Gasteiger charge is 2.11. The zero-order valence-corrected chi connectivity index (χ0v) is 16.7. The number of nitrogens with zero attached hydrogens (tertiary/aromatic N) is 4. The topological polar surface area (TPSA) is 116 Å². The Hall–Kier alpha value is -3.24. The van der Waals surface area contributed by atoms with Gasteiger partial charge in [-0.3, -0.25) is 4.79 Å². The summed E-state index contributed by atoms with van der Waals surface area (Å²) in [4.78, 5) is 28.9. The minimum absolute atomic E-state index is 0.0494. The fraction of sp³-hybridized carbons (Fsp3) is 0.105. The number of esters is 1. The van der Waals surface area contributed by atoms with Crippen molar-refractivity contribution in [2.45, 2.75) is 10.9 Å². The summed E-state index contributed by atoms with van der Waals surface area (Å²) in [7, 11) is 0. The van der Waals surface area contributed by atoms with Crippen molar-refractivity contribution in [1.29, 1.82) is 0 Å². The largest absolute Gasteiger partial charge is 0.457 e. The second-order valence-corrected chi connectivity index (χ2v) is 8.07. The minimum Gasteiger partial charge on any atom is -0.457 e. The Labute approximate surface area is 174 Å². The number of nitrogens with one attached hydrogen (secondary N) is 1. The molecular formula is C19H16N6O2S2.